The topological polar surface area (TPSA) is 111 Å². The fourth-order valence-corrected chi connectivity index (χ4v) is 11.1. The van der Waals surface area contributed by atoms with Crippen molar-refractivity contribution in [1.29, 1.82) is 0 Å². The van der Waals surface area contributed by atoms with E-state index in [2.05, 4.69) is 160 Å². The number of carboxylic acid groups (broad SMARTS) is 1. The zero-order valence-electron chi connectivity index (χ0n) is 63.4. The summed E-state index contributed by atoms with van der Waals surface area (Å²) in [5.74, 6) is -2.27. The van der Waals surface area contributed by atoms with Crippen molar-refractivity contribution < 1.29 is 42.9 Å². The molecule has 0 aliphatic carbocycles. The molecule has 0 amide bonds. The number of ether oxygens (including phenoxy) is 4. The SMILES string of the molecule is CC/C=C\C/C=C\C/C=C\C/C=C\C/C=C\C/C=C\C/C=C\C/C=C\CCCCCCCCCCCCCCCCC(=O)OC(COC(=O)CCCCCCCCCCCCCCCCCCCCCC/C=C\C/C=C\C/C=C\C/C=C\CC)COC(OCC[N+](C)(C)C)C(=O)[O-]. The van der Waals surface area contributed by atoms with Gasteiger partial charge < -0.3 is 33.3 Å². The maximum atomic E-state index is 13.0. The van der Waals surface area contributed by atoms with Gasteiger partial charge in [0.15, 0.2) is 12.4 Å². The van der Waals surface area contributed by atoms with Crippen molar-refractivity contribution in [3.8, 4) is 0 Å². The van der Waals surface area contributed by atoms with Crippen molar-refractivity contribution in [2.75, 3.05) is 47.5 Å². The highest BCUT2D eigenvalue weighted by Crippen LogP contribution is 2.18. The molecule has 0 saturated heterocycles. The molecule has 9 heteroatoms. The molecular formula is C88H149NO8. The summed E-state index contributed by atoms with van der Waals surface area (Å²) >= 11 is 0. The van der Waals surface area contributed by atoms with Crippen molar-refractivity contribution in [2.45, 2.75) is 347 Å². The number of hydrogen-bond acceptors (Lipinski definition) is 8. The van der Waals surface area contributed by atoms with Gasteiger partial charge in [-0.3, -0.25) is 9.59 Å². The van der Waals surface area contributed by atoms with Crippen LogP contribution in [0.15, 0.2) is 146 Å². The minimum absolute atomic E-state index is 0.144. The Balaban J connectivity index is 4.04. The standard InChI is InChI=1S/C88H149NO8/c1-6-8-10-12-14-16-18-20-22-24-26-28-30-32-34-36-38-40-41-42-43-44-45-47-49-51-53-55-57-59-61-63-65-67-69-71-73-75-77-79-86(91)97-84(83-96-88(87(92)93)94-81-80-89(3,4)5)82-95-85(90)78-76-74-72-70-68-66-64-62-60-58-56-54-52-50-48-46-39-37-35-33-31-29-27-25-23-21-19-17-15-13-11-9-7-2/h8-11,14-17,20-23,26-29,32,34,38,40,42-43,45,47,84,88H,6-7,12-13,18-19,24-25,30-31,33,35-37,39,41,44,46,48-83H2,1-5H3/b10-8-,11-9-,16-14-,17-15-,22-20-,23-21-,28-26-,29-27-,34-32-,40-38-,43-42-,47-45-. The molecule has 2 unspecified atom stereocenters. The van der Waals surface area contributed by atoms with Crippen LogP contribution in [-0.4, -0.2) is 82.3 Å². The maximum absolute atomic E-state index is 13.0. The van der Waals surface area contributed by atoms with E-state index < -0.39 is 24.3 Å². The molecule has 97 heavy (non-hydrogen) atoms. The summed E-state index contributed by atoms with van der Waals surface area (Å²) in [5, 5.41) is 11.9. The second kappa shape index (κ2) is 76.9. The first-order chi connectivity index (χ1) is 47.6. The lowest BCUT2D eigenvalue weighted by Gasteiger charge is -2.26. The second-order valence-electron chi connectivity index (χ2n) is 27.6. The van der Waals surface area contributed by atoms with Crippen molar-refractivity contribution >= 4 is 17.9 Å². The van der Waals surface area contributed by atoms with Gasteiger partial charge in [-0.1, -0.05) is 352 Å². The van der Waals surface area contributed by atoms with Crippen LogP contribution < -0.4 is 5.11 Å². The van der Waals surface area contributed by atoms with E-state index in [9.17, 15) is 19.5 Å². The number of aliphatic carboxylic acids is 1. The zero-order chi connectivity index (χ0) is 70.4. The number of unbranched alkanes of at least 4 members (excludes halogenated alkanes) is 34. The van der Waals surface area contributed by atoms with E-state index >= 15 is 0 Å². The summed E-state index contributed by atoms with van der Waals surface area (Å²) in [6.07, 6.45) is 110. The van der Waals surface area contributed by atoms with E-state index in [1.165, 1.54) is 186 Å². The molecule has 0 aliphatic rings. The Morgan fingerprint density at radius 1 is 0.309 bits per heavy atom. The third-order valence-corrected chi connectivity index (χ3v) is 17.1. The molecule has 554 valence electrons. The van der Waals surface area contributed by atoms with Crippen LogP contribution in [0, 0.1) is 0 Å². The molecule has 0 aromatic carbocycles. The minimum atomic E-state index is -1.63. The first kappa shape index (κ1) is 92.2. The molecule has 0 saturated carbocycles. The van der Waals surface area contributed by atoms with Gasteiger partial charge in [-0.2, -0.15) is 0 Å². The highest BCUT2D eigenvalue weighted by Gasteiger charge is 2.22. The summed E-state index contributed by atoms with van der Waals surface area (Å²) in [6.45, 7) is 4.55. The molecule has 0 aliphatic heterocycles. The van der Waals surface area contributed by atoms with Crippen molar-refractivity contribution in [3.05, 3.63) is 146 Å². The molecular weight excluding hydrogens is 1200 g/mol. The predicted molar refractivity (Wildman–Crippen MR) is 416 cm³/mol. The van der Waals surface area contributed by atoms with Crippen LogP contribution in [-0.2, 0) is 33.3 Å². The number of rotatable bonds is 73. The highest BCUT2D eigenvalue weighted by molar-refractivity contribution is 5.70. The molecule has 0 rings (SSSR count). The molecule has 9 nitrogen and oxygen atoms in total. The molecule has 0 spiro atoms. The van der Waals surface area contributed by atoms with Gasteiger partial charge in [0.2, 0.25) is 0 Å². The number of likely N-dealkylation sites (N-methyl/N-ethyl adjacent to an activating group) is 1. The largest absolute Gasteiger partial charge is 0.545 e. The van der Waals surface area contributed by atoms with Crippen LogP contribution in [0.5, 0.6) is 0 Å². The van der Waals surface area contributed by atoms with Crippen LogP contribution in [0.1, 0.15) is 335 Å². The van der Waals surface area contributed by atoms with Crippen molar-refractivity contribution in [1.82, 2.24) is 0 Å². The molecule has 0 heterocycles. The van der Waals surface area contributed by atoms with E-state index in [0.29, 0.717) is 17.4 Å². The Bertz CT molecular complexity index is 2110. The normalized spacial score (nSPS) is 13.5. The van der Waals surface area contributed by atoms with Crippen LogP contribution >= 0.6 is 0 Å². The Labute approximate surface area is 598 Å². The summed E-state index contributed by atoms with van der Waals surface area (Å²) < 4.78 is 22.9. The summed E-state index contributed by atoms with van der Waals surface area (Å²) in [5.41, 5.74) is 0. The summed E-state index contributed by atoms with van der Waals surface area (Å²) in [7, 11) is 5.94. The number of carbonyl (C=O) groups excluding carboxylic acids is 3. The van der Waals surface area contributed by atoms with E-state index in [1.54, 1.807) is 0 Å². The molecule has 0 fully saturated rings. The fraction of sp³-hybridized carbons (Fsp3) is 0.693. The lowest BCUT2D eigenvalue weighted by Crippen LogP contribution is -2.44. The smallest absolute Gasteiger partial charge is 0.306 e. The van der Waals surface area contributed by atoms with Crippen LogP contribution in [0.3, 0.4) is 0 Å². The van der Waals surface area contributed by atoms with Gasteiger partial charge >= 0.3 is 11.9 Å². The lowest BCUT2D eigenvalue weighted by molar-refractivity contribution is -0.870. The quantitative estimate of drug-likeness (QED) is 0.0195. The average Bonchev–Trinajstić information content (AvgIpc) is 2.39. The van der Waals surface area contributed by atoms with Gasteiger partial charge in [-0.25, -0.2) is 0 Å². The minimum Gasteiger partial charge on any atom is -0.545 e. The molecule has 0 aromatic rings. The second-order valence-corrected chi connectivity index (χ2v) is 27.6. The maximum Gasteiger partial charge on any atom is 0.306 e. The molecule has 0 aromatic heterocycles. The number of carbonyl (C=O) groups is 3. The van der Waals surface area contributed by atoms with E-state index in [1.807, 2.05) is 21.1 Å². The number of esters is 2. The molecule has 0 N–H and O–H groups in total. The number of hydrogen-bond donors (Lipinski definition) is 0. The lowest BCUT2D eigenvalue weighted by atomic mass is 10.0. The van der Waals surface area contributed by atoms with Crippen molar-refractivity contribution in [3.63, 3.8) is 0 Å². The number of carboxylic acids is 1. The van der Waals surface area contributed by atoms with Gasteiger partial charge in [0.25, 0.3) is 0 Å². The number of allylic oxidation sites excluding steroid dienone is 24. The average molecular weight is 1350 g/mol. The summed E-state index contributed by atoms with van der Waals surface area (Å²) in [6, 6.07) is 0. The highest BCUT2D eigenvalue weighted by atomic mass is 16.7. The van der Waals surface area contributed by atoms with Gasteiger partial charge in [0, 0.05) is 12.8 Å². The number of nitrogens with zero attached hydrogens (tertiary/aromatic N) is 1. The summed E-state index contributed by atoms with van der Waals surface area (Å²) in [4.78, 5) is 37.6. The molecule has 0 radical (unpaired) electrons. The van der Waals surface area contributed by atoms with Gasteiger partial charge in [-0.05, 0) is 116 Å². The Morgan fingerprint density at radius 2 is 0.557 bits per heavy atom. The van der Waals surface area contributed by atoms with E-state index in [-0.39, 0.29) is 38.6 Å². The van der Waals surface area contributed by atoms with Gasteiger partial charge in [0.05, 0.1) is 40.3 Å². The van der Waals surface area contributed by atoms with Crippen LogP contribution in [0.4, 0.5) is 0 Å². The Hall–Kier alpha value is -4.83. The van der Waals surface area contributed by atoms with Crippen LogP contribution in [0.2, 0.25) is 0 Å². The molecule has 2 atom stereocenters. The third kappa shape index (κ3) is 78.4. The molecule has 0 bridgehead atoms. The predicted octanol–water partition coefficient (Wildman–Crippen LogP) is 24.5. The first-order valence-corrected chi connectivity index (χ1v) is 40.0. The van der Waals surface area contributed by atoms with Gasteiger partial charge in [0.1, 0.15) is 13.2 Å². The number of quaternary nitrogens is 1. The van der Waals surface area contributed by atoms with Gasteiger partial charge in [-0.15, -0.1) is 0 Å². The zero-order valence-corrected chi connectivity index (χ0v) is 63.4. The first-order valence-electron chi connectivity index (χ1n) is 40.0. The van der Waals surface area contributed by atoms with Crippen LogP contribution in [0.25, 0.3) is 0 Å². The van der Waals surface area contributed by atoms with E-state index in [4.69, 9.17) is 18.9 Å². The third-order valence-electron chi connectivity index (χ3n) is 17.1. The fourth-order valence-electron chi connectivity index (χ4n) is 11.1. The Morgan fingerprint density at radius 3 is 0.825 bits per heavy atom. The monoisotopic (exact) mass is 1350 g/mol. The Kier molecular flexibility index (Phi) is 73.1. The van der Waals surface area contributed by atoms with Crippen molar-refractivity contribution in [2.24, 2.45) is 0 Å². The van der Waals surface area contributed by atoms with E-state index in [0.717, 1.165) is 116 Å².